The molecule has 1 amide bonds. The molecule has 0 saturated heterocycles. The molecule has 0 aromatic heterocycles. The van der Waals surface area contributed by atoms with E-state index in [4.69, 9.17) is 10.8 Å². The second kappa shape index (κ2) is 5.01. The van der Waals surface area contributed by atoms with Crippen molar-refractivity contribution in [1.82, 2.24) is 5.32 Å². The second-order valence-electron chi connectivity index (χ2n) is 5.24. The largest absolute Gasteiger partial charge is 0.481 e. The normalized spacial score (nSPS) is 39.1. The molecule has 0 radical (unpaired) electrons. The van der Waals surface area contributed by atoms with Gasteiger partial charge in [0.2, 0.25) is 5.91 Å². The van der Waals surface area contributed by atoms with Gasteiger partial charge in [0.25, 0.3) is 0 Å². The summed E-state index contributed by atoms with van der Waals surface area (Å²) in [5.41, 5.74) is 3.48. The van der Waals surface area contributed by atoms with Crippen LogP contribution >= 0.6 is 0 Å². The lowest BCUT2D eigenvalue weighted by Crippen LogP contribution is -2.59. The van der Waals surface area contributed by atoms with Crippen molar-refractivity contribution in [2.24, 2.45) is 23.5 Å². The summed E-state index contributed by atoms with van der Waals surface area (Å²) in [6.07, 6.45) is -1.96. The predicted molar refractivity (Wildman–Crippen MR) is 66.5 cm³/mol. The van der Waals surface area contributed by atoms with Gasteiger partial charge >= 0.3 is 11.9 Å². The van der Waals surface area contributed by atoms with Gasteiger partial charge in [-0.25, -0.2) is 9.18 Å². The van der Waals surface area contributed by atoms with Crippen LogP contribution in [0.2, 0.25) is 0 Å². The molecule has 2 saturated carbocycles. The molecule has 0 unspecified atom stereocenters. The van der Waals surface area contributed by atoms with Crippen LogP contribution in [0.15, 0.2) is 0 Å². The molecule has 0 heterocycles. The zero-order chi connectivity index (χ0) is 14.5. The van der Waals surface area contributed by atoms with E-state index < -0.39 is 59.8 Å². The lowest BCUT2D eigenvalue weighted by atomic mass is 9.89. The van der Waals surface area contributed by atoms with E-state index in [9.17, 15) is 23.9 Å². The van der Waals surface area contributed by atoms with E-state index in [0.29, 0.717) is 0 Å². The van der Waals surface area contributed by atoms with E-state index in [2.05, 4.69) is 5.32 Å². The van der Waals surface area contributed by atoms with Crippen LogP contribution in [0, 0.1) is 17.8 Å². The van der Waals surface area contributed by atoms with Crippen LogP contribution in [-0.4, -0.2) is 45.8 Å². The number of carboxylic acid groups (broad SMARTS) is 2. The Kier molecular flexibility index (Phi) is 4.09. The molecular formula is C12H19FN2O5. The van der Waals surface area contributed by atoms with Gasteiger partial charge in [-0.3, -0.25) is 9.59 Å². The molecule has 2 aliphatic rings. The third kappa shape index (κ3) is 2.13. The quantitative estimate of drug-likeness (QED) is 0.557. The van der Waals surface area contributed by atoms with E-state index in [1.807, 2.05) is 0 Å². The third-order valence-corrected chi connectivity index (χ3v) is 4.01. The molecule has 5 N–H and O–H groups in total. The number of alkyl halides is 1. The molecule has 114 valence electrons. The summed E-state index contributed by atoms with van der Waals surface area (Å²) in [7, 11) is 0. The first-order chi connectivity index (χ1) is 8.72. The lowest BCUT2D eigenvalue weighted by Gasteiger charge is -2.29. The van der Waals surface area contributed by atoms with Crippen molar-refractivity contribution in [3.05, 3.63) is 0 Å². The van der Waals surface area contributed by atoms with Crippen molar-refractivity contribution in [2.75, 3.05) is 0 Å². The van der Waals surface area contributed by atoms with Crippen molar-refractivity contribution >= 4 is 17.8 Å². The summed E-state index contributed by atoms with van der Waals surface area (Å²) in [6, 6.07) is -0.949. The zero-order valence-electron chi connectivity index (χ0n) is 10.2. The van der Waals surface area contributed by atoms with Crippen molar-refractivity contribution in [3.63, 3.8) is 0 Å². The van der Waals surface area contributed by atoms with E-state index in [-0.39, 0.29) is 7.43 Å². The van der Waals surface area contributed by atoms with Crippen molar-refractivity contribution in [2.45, 2.75) is 38.5 Å². The number of halogens is 1. The predicted octanol–water partition coefficient (Wildman–Crippen LogP) is -0.402. The van der Waals surface area contributed by atoms with Gasteiger partial charge in [-0.1, -0.05) is 7.43 Å². The molecule has 0 aromatic carbocycles. The van der Waals surface area contributed by atoms with Crippen LogP contribution in [0.1, 0.15) is 20.8 Å². The average Bonchev–Trinajstić information content (AvgIpc) is 2.96. The molecule has 7 nitrogen and oxygen atoms in total. The fourth-order valence-corrected chi connectivity index (χ4v) is 3.07. The minimum atomic E-state index is -1.86. The third-order valence-electron chi connectivity index (χ3n) is 4.01. The Labute approximate surface area is 115 Å². The van der Waals surface area contributed by atoms with Gasteiger partial charge in [0, 0.05) is 18.3 Å². The number of fused-ring (bicyclic) bond motifs is 1. The molecule has 8 heteroatoms. The van der Waals surface area contributed by atoms with Crippen molar-refractivity contribution in [1.29, 1.82) is 0 Å². The van der Waals surface area contributed by atoms with E-state index in [1.54, 1.807) is 0 Å². The minimum absolute atomic E-state index is 0. The molecule has 2 aliphatic carbocycles. The smallest absolute Gasteiger partial charge is 0.329 e. The van der Waals surface area contributed by atoms with Crippen molar-refractivity contribution in [3.8, 4) is 0 Å². The summed E-state index contributed by atoms with van der Waals surface area (Å²) in [5, 5.41) is 20.5. The molecule has 2 rings (SSSR count). The maximum atomic E-state index is 13.8. The summed E-state index contributed by atoms with van der Waals surface area (Å²) in [4.78, 5) is 34.0. The number of hydrogen-bond donors (Lipinski definition) is 4. The van der Waals surface area contributed by atoms with E-state index in [0.717, 1.165) is 0 Å². The summed E-state index contributed by atoms with van der Waals surface area (Å²) < 4.78 is 13.8. The molecule has 20 heavy (non-hydrogen) atoms. The molecule has 6 atom stereocenters. The number of rotatable bonds is 4. The SMILES string of the molecule is C.C[C@H](N)C(=O)N[C@@]1(C(=O)O)C[C@@H](F)[C@H]2[C@H](C(=O)O)[C@H]21. The lowest BCUT2D eigenvalue weighted by molar-refractivity contribution is -0.150. The van der Waals surface area contributed by atoms with Gasteiger partial charge in [-0.2, -0.15) is 0 Å². The highest BCUT2D eigenvalue weighted by atomic mass is 19.1. The molecular weight excluding hydrogens is 271 g/mol. The number of carboxylic acids is 2. The topological polar surface area (TPSA) is 130 Å². The van der Waals surface area contributed by atoms with Crippen LogP contribution in [-0.2, 0) is 14.4 Å². The molecule has 0 spiro atoms. The highest BCUT2D eigenvalue weighted by molar-refractivity contribution is 5.92. The Morgan fingerprint density at radius 2 is 1.95 bits per heavy atom. The first kappa shape index (κ1) is 16.4. The molecule has 2 fully saturated rings. The Morgan fingerprint density at radius 1 is 1.40 bits per heavy atom. The van der Waals surface area contributed by atoms with Crippen LogP contribution in [0.25, 0.3) is 0 Å². The number of aliphatic carboxylic acids is 2. The maximum absolute atomic E-state index is 13.8. The number of nitrogens with two attached hydrogens (primary N) is 1. The first-order valence-electron chi connectivity index (χ1n) is 5.90. The summed E-state index contributed by atoms with van der Waals surface area (Å²) >= 11 is 0. The fraction of sp³-hybridized carbons (Fsp3) is 0.750. The highest BCUT2D eigenvalue weighted by Gasteiger charge is 2.76. The van der Waals surface area contributed by atoms with Gasteiger partial charge < -0.3 is 21.3 Å². The second-order valence-corrected chi connectivity index (χ2v) is 5.24. The molecule has 0 aliphatic heterocycles. The van der Waals surface area contributed by atoms with Gasteiger partial charge in [0.15, 0.2) is 0 Å². The number of nitrogens with one attached hydrogen (secondary N) is 1. The zero-order valence-corrected chi connectivity index (χ0v) is 10.2. The molecule has 0 bridgehead atoms. The van der Waals surface area contributed by atoms with Gasteiger partial charge in [0.05, 0.1) is 12.0 Å². The Balaban J connectivity index is 0.00000200. The molecule has 0 aromatic rings. The van der Waals surface area contributed by atoms with Gasteiger partial charge in [0.1, 0.15) is 11.7 Å². The van der Waals surface area contributed by atoms with Crippen LogP contribution in [0.3, 0.4) is 0 Å². The number of carbonyl (C=O) groups excluding carboxylic acids is 1. The van der Waals surface area contributed by atoms with E-state index in [1.165, 1.54) is 6.92 Å². The van der Waals surface area contributed by atoms with Crippen molar-refractivity contribution < 1.29 is 29.0 Å². The number of carbonyl (C=O) groups is 3. The maximum Gasteiger partial charge on any atom is 0.329 e. The Hall–Kier alpha value is -1.70. The van der Waals surface area contributed by atoms with Crippen LogP contribution in [0.5, 0.6) is 0 Å². The highest BCUT2D eigenvalue weighted by Crippen LogP contribution is 2.63. The monoisotopic (exact) mass is 290 g/mol. The summed E-state index contributed by atoms with van der Waals surface area (Å²) in [6.45, 7) is 1.37. The number of hydrogen-bond acceptors (Lipinski definition) is 4. The van der Waals surface area contributed by atoms with Gasteiger partial charge in [-0.05, 0) is 6.92 Å². The van der Waals surface area contributed by atoms with Crippen LogP contribution < -0.4 is 11.1 Å². The standard InChI is InChI=1S/C11H15FN2O5.CH4/c1-3(13)8(15)14-11(10(18)19)2-4(12)5-6(7(5)11)9(16)17;/h3-7H,2,13H2,1H3,(H,14,15)(H,16,17)(H,18,19);1H4/t3-,4+,5-,6-,7-,11-;/m0./s1. The summed E-state index contributed by atoms with van der Waals surface area (Å²) in [5.74, 6) is -6.21. The Bertz CT molecular complexity index is 455. The minimum Gasteiger partial charge on any atom is -0.481 e. The first-order valence-corrected chi connectivity index (χ1v) is 5.90. The number of amides is 1. The Morgan fingerprint density at radius 3 is 2.30 bits per heavy atom. The van der Waals surface area contributed by atoms with Gasteiger partial charge in [-0.15, -0.1) is 0 Å². The van der Waals surface area contributed by atoms with E-state index >= 15 is 0 Å². The average molecular weight is 290 g/mol. The van der Waals surface area contributed by atoms with Crippen LogP contribution in [0.4, 0.5) is 4.39 Å². The fourth-order valence-electron chi connectivity index (χ4n) is 3.07.